The van der Waals surface area contributed by atoms with E-state index in [-0.39, 0.29) is 12.0 Å². The van der Waals surface area contributed by atoms with Gasteiger partial charge in [0.15, 0.2) is 5.69 Å². The number of aromatic nitrogens is 3. The van der Waals surface area contributed by atoms with E-state index in [9.17, 15) is 4.79 Å². The Kier molecular flexibility index (Phi) is 5.70. The molecule has 2 heterocycles. The molecule has 1 aliphatic heterocycles. The number of amides is 1. The lowest BCUT2D eigenvalue weighted by Crippen LogP contribution is -2.36. The SMILES string of the molecule is CSc1nnc2c(n1)OC(c1ccc(OC3CCCC3)cc1)N(C(C)=O)c1ccccc1-2. The van der Waals surface area contributed by atoms with E-state index in [1.54, 1.807) is 4.90 Å². The third-order valence-corrected chi connectivity index (χ3v) is 6.34. The van der Waals surface area contributed by atoms with Crippen LogP contribution in [0.1, 0.15) is 44.4 Å². The normalized spacial score (nSPS) is 17.8. The van der Waals surface area contributed by atoms with E-state index in [2.05, 4.69) is 15.2 Å². The summed E-state index contributed by atoms with van der Waals surface area (Å²) in [4.78, 5) is 19.0. The number of nitrogens with zero attached hydrogens (tertiary/aromatic N) is 4. The molecule has 32 heavy (non-hydrogen) atoms. The Morgan fingerprint density at radius 2 is 1.84 bits per heavy atom. The van der Waals surface area contributed by atoms with Crippen LogP contribution in [0.25, 0.3) is 11.3 Å². The van der Waals surface area contributed by atoms with Crippen molar-refractivity contribution >= 4 is 23.4 Å². The molecule has 5 rings (SSSR count). The first-order chi connectivity index (χ1) is 15.6. The fourth-order valence-corrected chi connectivity index (χ4v) is 4.56. The number of ether oxygens (including phenoxy) is 2. The molecule has 1 atom stereocenters. The maximum atomic E-state index is 12.8. The predicted octanol–water partition coefficient (Wildman–Crippen LogP) is 5.03. The number of carbonyl (C=O) groups excluding carboxylic acids is 1. The van der Waals surface area contributed by atoms with Crippen molar-refractivity contribution in [2.75, 3.05) is 11.2 Å². The van der Waals surface area contributed by atoms with Gasteiger partial charge < -0.3 is 9.47 Å². The second-order valence-electron chi connectivity index (χ2n) is 7.92. The van der Waals surface area contributed by atoms with Crippen LogP contribution in [0.2, 0.25) is 0 Å². The summed E-state index contributed by atoms with van der Waals surface area (Å²) in [6.07, 6.45) is 6.12. The van der Waals surface area contributed by atoms with Crippen molar-refractivity contribution < 1.29 is 14.3 Å². The van der Waals surface area contributed by atoms with Crippen LogP contribution in [0, 0.1) is 0 Å². The largest absolute Gasteiger partial charge is 0.490 e. The molecule has 1 saturated carbocycles. The van der Waals surface area contributed by atoms with E-state index in [1.807, 2.05) is 54.8 Å². The van der Waals surface area contributed by atoms with Crippen LogP contribution < -0.4 is 14.4 Å². The standard InChI is InChI=1S/C24H24N4O3S/c1-15(29)28-20-10-6-5-9-19(20)21-22(25-24(32-2)27-26-21)31-23(28)16-11-13-18(14-12-16)30-17-7-3-4-8-17/h5-6,9-14,17,23H,3-4,7-8H2,1-2H3. The van der Waals surface area contributed by atoms with Crippen LogP contribution in [0.4, 0.5) is 5.69 Å². The van der Waals surface area contributed by atoms with E-state index in [0.29, 0.717) is 22.4 Å². The molecule has 0 N–H and O–H groups in total. The summed E-state index contributed by atoms with van der Waals surface area (Å²) in [5.41, 5.74) is 2.82. The average Bonchev–Trinajstić information content (AvgIpc) is 3.27. The summed E-state index contributed by atoms with van der Waals surface area (Å²) in [5.74, 6) is 1.05. The van der Waals surface area contributed by atoms with Gasteiger partial charge in [0.1, 0.15) is 5.75 Å². The molecule has 1 unspecified atom stereocenters. The van der Waals surface area contributed by atoms with E-state index in [4.69, 9.17) is 9.47 Å². The van der Waals surface area contributed by atoms with Gasteiger partial charge in [-0.1, -0.05) is 30.0 Å². The number of rotatable bonds is 4. The maximum absolute atomic E-state index is 12.8. The number of benzene rings is 2. The fraction of sp³-hybridized carbons (Fsp3) is 0.333. The zero-order chi connectivity index (χ0) is 22.1. The molecule has 1 amide bonds. The minimum absolute atomic E-state index is 0.139. The van der Waals surface area contributed by atoms with Gasteiger partial charge in [0.05, 0.1) is 11.8 Å². The van der Waals surface area contributed by atoms with Crippen molar-refractivity contribution in [3.8, 4) is 22.9 Å². The quantitative estimate of drug-likeness (QED) is 0.518. The monoisotopic (exact) mass is 448 g/mol. The van der Waals surface area contributed by atoms with Crippen LogP contribution in [0.5, 0.6) is 11.6 Å². The first-order valence-corrected chi connectivity index (χ1v) is 12.0. The summed E-state index contributed by atoms with van der Waals surface area (Å²) in [5, 5.41) is 9.06. The zero-order valence-corrected chi connectivity index (χ0v) is 18.8. The van der Waals surface area contributed by atoms with Crippen LogP contribution in [-0.2, 0) is 4.79 Å². The molecule has 8 heteroatoms. The first kappa shape index (κ1) is 20.8. The third-order valence-electron chi connectivity index (χ3n) is 5.80. The topological polar surface area (TPSA) is 77.4 Å². The second kappa shape index (κ2) is 8.78. The van der Waals surface area contributed by atoms with Crippen molar-refractivity contribution in [1.82, 2.24) is 15.2 Å². The number of hydrogen-bond acceptors (Lipinski definition) is 7. The maximum Gasteiger partial charge on any atom is 0.247 e. The van der Waals surface area contributed by atoms with Gasteiger partial charge in [-0.05, 0) is 62.3 Å². The molecular formula is C24H24N4O3S. The number of thioether (sulfide) groups is 1. The highest BCUT2D eigenvalue weighted by Gasteiger charge is 2.34. The van der Waals surface area contributed by atoms with Crippen molar-refractivity contribution in [2.24, 2.45) is 0 Å². The Bertz CT molecular complexity index is 1130. The average molecular weight is 449 g/mol. The molecule has 7 nitrogen and oxygen atoms in total. The molecular weight excluding hydrogens is 424 g/mol. The molecule has 164 valence electrons. The van der Waals surface area contributed by atoms with E-state index >= 15 is 0 Å². The Morgan fingerprint density at radius 3 is 2.56 bits per heavy atom. The first-order valence-electron chi connectivity index (χ1n) is 10.7. The number of anilines is 1. The van der Waals surface area contributed by atoms with Crippen molar-refractivity contribution in [3.05, 3.63) is 54.1 Å². The summed E-state index contributed by atoms with van der Waals surface area (Å²) in [6, 6.07) is 15.4. The van der Waals surface area contributed by atoms with Crippen LogP contribution in [0.15, 0.2) is 53.7 Å². The molecule has 0 bridgehead atoms. The molecule has 3 aromatic rings. The van der Waals surface area contributed by atoms with Crippen molar-refractivity contribution in [2.45, 2.75) is 50.1 Å². The van der Waals surface area contributed by atoms with Crippen LogP contribution in [0.3, 0.4) is 0 Å². The van der Waals surface area contributed by atoms with Gasteiger partial charge in [0.2, 0.25) is 23.2 Å². The summed E-state index contributed by atoms with van der Waals surface area (Å²) in [7, 11) is 0. The summed E-state index contributed by atoms with van der Waals surface area (Å²) >= 11 is 1.39. The highest BCUT2D eigenvalue weighted by atomic mass is 32.2. The lowest BCUT2D eigenvalue weighted by Gasteiger charge is -2.30. The Labute approximate surface area is 191 Å². The van der Waals surface area contributed by atoms with Crippen LogP contribution >= 0.6 is 11.8 Å². The van der Waals surface area contributed by atoms with Gasteiger partial charge in [0, 0.05) is 18.1 Å². The highest BCUT2D eigenvalue weighted by Crippen LogP contribution is 2.43. The second-order valence-corrected chi connectivity index (χ2v) is 8.70. The molecule has 0 radical (unpaired) electrons. The van der Waals surface area contributed by atoms with Gasteiger partial charge in [-0.15, -0.1) is 10.2 Å². The fourth-order valence-electron chi connectivity index (χ4n) is 4.27. The number of para-hydroxylation sites is 1. The summed E-state index contributed by atoms with van der Waals surface area (Å²) in [6.45, 7) is 1.53. The molecule has 1 aliphatic carbocycles. The molecule has 0 saturated heterocycles. The minimum atomic E-state index is -0.693. The Morgan fingerprint density at radius 1 is 1.09 bits per heavy atom. The smallest absolute Gasteiger partial charge is 0.247 e. The third kappa shape index (κ3) is 3.90. The minimum Gasteiger partial charge on any atom is -0.490 e. The number of hydrogen-bond donors (Lipinski definition) is 0. The lowest BCUT2D eigenvalue weighted by molar-refractivity contribution is -0.118. The summed E-state index contributed by atoms with van der Waals surface area (Å²) < 4.78 is 12.5. The molecule has 2 aliphatic rings. The van der Waals surface area contributed by atoms with Crippen LogP contribution in [-0.4, -0.2) is 33.4 Å². The molecule has 2 aromatic carbocycles. The molecule has 1 fully saturated rings. The van der Waals surface area contributed by atoms with Gasteiger partial charge in [-0.3, -0.25) is 9.69 Å². The van der Waals surface area contributed by atoms with Gasteiger partial charge in [-0.25, -0.2) is 0 Å². The lowest BCUT2D eigenvalue weighted by atomic mass is 10.1. The van der Waals surface area contributed by atoms with E-state index < -0.39 is 6.23 Å². The zero-order valence-electron chi connectivity index (χ0n) is 18.0. The van der Waals surface area contributed by atoms with Gasteiger partial charge in [-0.2, -0.15) is 4.98 Å². The van der Waals surface area contributed by atoms with Crippen molar-refractivity contribution in [3.63, 3.8) is 0 Å². The van der Waals surface area contributed by atoms with E-state index in [0.717, 1.165) is 29.7 Å². The Balaban J connectivity index is 1.56. The highest BCUT2D eigenvalue weighted by molar-refractivity contribution is 7.98. The number of fused-ring (bicyclic) bond motifs is 3. The van der Waals surface area contributed by atoms with Crippen molar-refractivity contribution in [1.29, 1.82) is 0 Å². The van der Waals surface area contributed by atoms with Gasteiger partial charge >= 0.3 is 0 Å². The van der Waals surface area contributed by atoms with E-state index in [1.165, 1.54) is 31.5 Å². The number of carbonyl (C=O) groups is 1. The Hall–Kier alpha value is -3.13. The molecule has 0 spiro atoms. The molecule has 1 aromatic heterocycles. The predicted molar refractivity (Wildman–Crippen MR) is 123 cm³/mol. The van der Waals surface area contributed by atoms with Gasteiger partial charge in [0.25, 0.3) is 0 Å².